The van der Waals surface area contributed by atoms with Gasteiger partial charge in [0.25, 0.3) is 5.91 Å². The Labute approximate surface area is 229 Å². The summed E-state index contributed by atoms with van der Waals surface area (Å²) in [6.07, 6.45) is 15.0. The van der Waals surface area contributed by atoms with Crippen molar-refractivity contribution in [3.05, 3.63) is 29.1 Å². The van der Waals surface area contributed by atoms with E-state index < -0.39 is 11.9 Å². The monoisotopic (exact) mass is 541 g/mol. The molecule has 4 saturated carbocycles. The van der Waals surface area contributed by atoms with E-state index in [4.69, 9.17) is 0 Å². The number of thioether (sulfide) groups is 1. The maximum Gasteiger partial charge on any atom is 0.255 e. The molecule has 38 heavy (non-hydrogen) atoms. The fourth-order valence-electron chi connectivity index (χ4n) is 8.35. The number of unbranched alkanes of at least 4 members (excludes halogenated alkanes) is 4. The van der Waals surface area contributed by atoms with Gasteiger partial charge in [0.2, 0.25) is 11.8 Å². The molecule has 1 aromatic carbocycles. The smallest absolute Gasteiger partial charge is 0.255 e. The first-order valence-electron chi connectivity index (χ1n) is 14.7. The zero-order chi connectivity index (χ0) is 26.3. The van der Waals surface area contributed by atoms with Gasteiger partial charge in [-0.25, -0.2) is 4.39 Å². The zero-order valence-electron chi connectivity index (χ0n) is 22.2. The van der Waals surface area contributed by atoms with Crippen LogP contribution in [0, 0.1) is 23.6 Å². The summed E-state index contributed by atoms with van der Waals surface area (Å²) < 4.78 is 14.8. The highest BCUT2D eigenvalue weighted by molar-refractivity contribution is 7.99. The zero-order valence-corrected chi connectivity index (χ0v) is 23.1. The first kappa shape index (κ1) is 26.3. The predicted octanol–water partition coefficient (Wildman–Crippen LogP) is 5.19. The Hall–Kier alpha value is -1.93. The second-order valence-electron chi connectivity index (χ2n) is 12.5. The van der Waals surface area contributed by atoms with Gasteiger partial charge >= 0.3 is 0 Å². The van der Waals surface area contributed by atoms with Crippen LogP contribution in [0.3, 0.4) is 0 Å². The Morgan fingerprint density at radius 1 is 0.974 bits per heavy atom. The van der Waals surface area contributed by atoms with Gasteiger partial charge in [0.1, 0.15) is 11.9 Å². The largest absolute Gasteiger partial charge is 0.322 e. The number of benzene rings is 1. The fourth-order valence-corrected chi connectivity index (χ4v) is 9.46. The average molecular weight is 542 g/mol. The van der Waals surface area contributed by atoms with E-state index in [0.717, 1.165) is 42.9 Å². The summed E-state index contributed by atoms with van der Waals surface area (Å²) in [6, 6.07) is 2.22. The normalized spacial score (nSPS) is 31.7. The standard InChI is InChI=1S/C30H40FN3O3S/c31-24-7-6-22-23(18-34(29(22)37)25-8-9-26(35)33-28(25)36)27(24)38-11-5-3-1-2-4-10-32-30-15-19-12-20(16-30)14-21(13-19)17-30/h6-7,19-21,25,32H,1-5,8-18H2,(H,33,35,36). The van der Waals surface area contributed by atoms with Crippen molar-refractivity contribution in [3.8, 4) is 0 Å². The van der Waals surface area contributed by atoms with Gasteiger partial charge in [-0.1, -0.05) is 19.3 Å². The number of hydrogen-bond acceptors (Lipinski definition) is 5. The molecule has 0 radical (unpaired) electrons. The van der Waals surface area contributed by atoms with E-state index in [1.54, 1.807) is 0 Å². The highest BCUT2D eigenvalue weighted by atomic mass is 32.2. The molecule has 6 aliphatic rings. The highest BCUT2D eigenvalue weighted by Gasteiger charge is 2.50. The van der Waals surface area contributed by atoms with E-state index in [2.05, 4.69) is 10.6 Å². The number of fused-ring (bicyclic) bond motifs is 1. The minimum Gasteiger partial charge on any atom is -0.322 e. The lowest BCUT2D eigenvalue weighted by Crippen LogP contribution is -2.58. The van der Waals surface area contributed by atoms with Crippen molar-refractivity contribution in [2.24, 2.45) is 17.8 Å². The summed E-state index contributed by atoms with van der Waals surface area (Å²) in [5.41, 5.74) is 1.62. The van der Waals surface area contributed by atoms with Crippen LogP contribution < -0.4 is 10.6 Å². The van der Waals surface area contributed by atoms with Gasteiger partial charge in [0, 0.05) is 34.5 Å². The number of carbonyl (C=O) groups excluding carboxylic acids is 3. The minimum absolute atomic E-state index is 0.213. The second-order valence-corrected chi connectivity index (χ2v) is 13.6. The first-order chi connectivity index (χ1) is 18.4. The van der Waals surface area contributed by atoms with Gasteiger partial charge < -0.3 is 10.2 Å². The summed E-state index contributed by atoms with van der Waals surface area (Å²) in [4.78, 5) is 38.8. The Bertz CT molecular complexity index is 1070. The fraction of sp³-hybridized carbons (Fsp3) is 0.700. The molecule has 8 heteroatoms. The van der Waals surface area contributed by atoms with Crippen molar-refractivity contribution in [3.63, 3.8) is 0 Å². The molecule has 1 atom stereocenters. The van der Waals surface area contributed by atoms with Crippen LogP contribution >= 0.6 is 11.8 Å². The van der Waals surface area contributed by atoms with Gasteiger partial charge in [-0.3, -0.25) is 19.7 Å². The van der Waals surface area contributed by atoms with Crippen LogP contribution in [0.4, 0.5) is 4.39 Å². The van der Waals surface area contributed by atoms with Crippen molar-refractivity contribution in [1.82, 2.24) is 15.5 Å². The van der Waals surface area contributed by atoms with Crippen LogP contribution in [0.5, 0.6) is 0 Å². The number of hydrogen-bond donors (Lipinski definition) is 2. The molecule has 0 aromatic heterocycles. The first-order valence-corrected chi connectivity index (χ1v) is 15.7. The summed E-state index contributed by atoms with van der Waals surface area (Å²) in [7, 11) is 0. The lowest BCUT2D eigenvalue weighted by atomic mass is 9.53. The van der Waals surface area contributed by atoms with Crippen molar-refractivity contribution < 1.29 is 18.8 Å². The van der Waals surface area contributed by atoms with Crippen molar-refractivity contribution >= 4 is 29.5 Å². The Morgan fingerprint density at radius 3 is 2.37 bits per heavy atom. The summed E-state index contributed by atoms with van der Waals surface area (Å²) in [5.74, 6) is 2.47. The minimum atomic E-state index is -0.675. The molecule has 1 aromatic rings. The lowest BCUT2D eigenvalue weighted by Gasteiger charge is -2.57. The number of rotatable bonds is 11. The van der Waals surface area contributed by atoms with Crippen LogP contribution in [0.2, 0.25) is 0 Å². The number of carbonyl (C=O) groups is 3. The lowest BCUT2D eigenvalue weighted by molar-refractivity contribution is -0.136. The number of imide groups is 1. The molecule has 2 heterocycles. The van der Waals surface area contributed by atoms with E-state index in [1.807, 2.05) is 0 Å². The third-order valence-electron chi connectivity index (χ3n) is 9.72. The van der Waals surface area contributed by atoms with Gasteiger partial charge in [0.05, 0.1) is 0 Å². The molecule has 0 spiro atoms. The SMILES string of the molecule is O=C1CCC(N2Cc3c(ccc(F)c3SCCCCCCCNC34CC5CC(CC(C5)C3)C4)C2=O)C(=O)N1. The van der Waals surface area contributed by atoms with Gasteiger partial charge in [0.15, 0.2) is 0 Å². The van der Waals surface area contributed by atoms with E-state index in [9.17, 15) is 18.8 Å². The molecule has 5 fully saturated rings. The maximum atomic E-state index is 14.8. The van der Waals surface area contributed by atoms with Crippen LogP contribution in [-0.4, -0.2) is 46.5 Å². The summed E-state index contributed by atoms with van der Waals surface area (Å²) in [6.45, 7) is 1.36. The molecule has 6 nitrogen and oxygen atoms in total. The van der Waals surface area contributed by atoms with E-state index in [1.165, 1.54) is 86.6 Å². The van der Waals surface area contributed by atoms with Crippen molar-refractivity contribution in [2.45, 2.75) is 106 Å². The molecule has 4 bridgehead atoms. The number of halogens is 1. The van der Waals surface area contributed by atoms with Crippen LogP contribution in [0.15, 0.2) is 17.0 Å². The second kappa shape index (κ2) is 10.9. The Balaban J connectivity index is 0.920. The molecule has 7 rings (SSSR count). The number of piperidine rings is 1. The number of amides is 3. The quantitative estimate of drug-likeness (QED) is 0.229. The van der Waals surface area contributed by atoms with E-state index in [-0.39, 0.29) is 30.6 Å². The topological polar surface area (TPSA) is 78.5 Å². The molecular formula is C30H40FN3O3S. The average Bonchev–Trinajstić information content (AvgIpc) is 3.19. The predicted molar refractivity (Wildman–Crippen MR) is 145 cm³/mol. The molecule has 4 aliphatic carbocycles. The summed E-state index contributed by atoms with van der Waals surface area (Å²) >= 11 is 1.48. The maximum absolute atomic E-state index is 14.8. The van der Waals surface area contributed by atoms with Crippen molar-refractivity contribution in [2.75, 3.05) is 12.3 Å². The van der Waals surface area contributed by atoms with Crippen molar-refractivity contribution in [1.29, 1.82) is 0 Å². The van der Waals surface area contributed by atoms with E-state index in [0.29, 0.717) is 28.0 Å². The Morgan fingerprint density at radius 2 is 1.66 bits per heavy atom. The third kappa shape index (κ3) is 5.27. The highest BCUT2D eigenvalue weighted by Crippen LogP contribution is 2.55. The molecule has 2 N–H and O–H groups in total. The molecule has 1 unspecified atom stereocenters. The molecule has 3 amide bonds. The molecular weight excluding hydrogens is 501 g/mol. The molecule has 2 aliphatic heterocycles. The van der Waals surface area contributed by atoms with Gasteiger partial charge in [-0.05, 0) is 100.0 Å². The molecule has 1 saturated heterocycles. The summed E-state index contributed by atoms with van der Waals surface area (Å²) in [5, 5.41) is 6.32. The van der Waals surface area contributed by atoms with Gasteiger partial charge in [-0.15, -0.1) is 11.8 Å². The van der Waals surface area contributed by atoms with Crippen LogP contribution in [0.25, 0.3) is 0 Å². The van der Waals surface area contributed by atoms with Crippen LogP contribution in [-0.2, 0) is 16.1 Å². The Kier molecular flexibility index (Phi) is 7.55. The molecule has 206 valence electrons. The number of nitrogens with zero attached hydrogens (tertiary/aromatic N) is 1. The van der Waals surface area contributed by atoms with Gasteiger partial charge in [-0.2, -0.15) is 0 Å². The third-order valence-corrected chi connectivity index (χ3v) is 10.9. The number of nitrogens with one attached hydrogen (secondary N) is 2. The van der Waals surface area contributed by atoms with Crippen LogP contribution in [0.1, 0.15) is 99.4 Å². The van der Waals surface area contributed by atoms with E-state index >= 15 is 0 Å².